The Labute approximate surface area is 116 Å². The first-order valence-electron chi connectivity index (χ1n) is 5.27. The minimum Gasteiger partial charge on any atom is -0.289 e. The molecule has 7 heteroatoms. The Morgan fingerprint density at radius 2 is 2.11 bits per heavy atom. The molecule has 0 unspecified atom stereocenters. The van der Waals surface area contributed by atoms with Gasteiger partial charge in [-0.05, 0) is 30.3 Å². The van der Waals surface area contributed by atoms with Gasteiger partial charge in [0.15, 0.2) is 0 Å². The zero-order valence-corrected chi connectivity index (χ0v) is 11.3. The summed E-state index contributed by atoms with van der Waals surface area (Å²) in [4.78, 5) is 12.9. The lowest BCUT2D eigenvalue weighted by Crippen LogP contribution is -2.29. The molecule has 3 N–H and O–H groups in total. The van der Waals surface area contributed by atoms with Crippen LogP contribution in [0.5, 0.6) is 0 Å². The number of benzene rings is 1. The first-order chi connectivity index (χ1) is 9.10. The van der Waals surface area contributed by atoms with E-state index in [0.717, 1.165) is 23.1 Å². The van der Waals surface area contributed by atoms with Crippen LogP contribution in [-0.4, -0.2) is 5.91 Å². The average Bonchev–Trinajstić information content (AvgIpc) is 2.88. The molecule has 2 rings (SSSR count). The van der Waals surface area contributed by atoms with Crippen molar-refractivity contribution in [2.45, 2.75) is 10.6 Å². The van der Waals surface area contributed by atoms with Crippen molar-refractivity contribution in [3.63, 3.8) is 0 Å². The minimum atomic E-state index is -0.474. The van der Waals surface area contributed by atoms with Crippen LogP contribution in [0.3, 0.4) is 0 Å². The van der Waals surface area contributed by atoms with Crippen molar-refractivity contribution in [1.29, 1.82) is 0 Å². The van der Waals surface area contributed by atoms with E-state index < -0.39 is 11.6 Å². The van der Waals surface area contributed by atoms with Crippen molar-refractivity contribution < 1.29 is 13.6 Å². The second-order valence-electron chi connectivity index (χ2n) is 3.60. The van der Waals surface area contributed by atoms with Crippen LogP contribution in [0.2, 0.25) is 0 Å². The second-order valence-corrected chi connectivity index (χ2v) is 5.79. The zero-order valence-electron chi connectivity index (χ0n) is 9.65. The van der Waals surface area contributed by atoms with E-state index in [1.54, 1.807) is 12.1 Å². The molecular formula is C12H10F2N2OS2. The van der Waals surface area contributed by atoms with Gasteiger partial charge in [0.1, 0.15) is 11.6 Å². The van der Waals surface area contributed by atoms with Crippen LogP contribution in [0.15, 0.2) is 35.2 Å². The van der Waals surface area contributed by atoms with Crippen LogP contribution < -0.4 is 11.3 Å². The van der Waals surface area contributed by atoms with Crippen molar-refractivity contribution >= 4 is 29.0 Å². The van der Waals surface area contributed by atoms with Crippen molar-refractivity contribution in [1.82, 2.24) is 5.43 Å². The van der Waals surface area contributed by atoms with Crippen molar-refractivity contribution in [2.24, 2.45) is 5.84 Å². The van der Waals surface area contributed by atoms with Gasteiger partial charge in [-0.15, -0.1) is 23.1 Å². The fourth-order valence-electron chi connectivity index (χ4n) is 1.39. The first-order valence-corrected chi connectivity index (χ1v) is 7.08. The van der Waals surface area contributed by atoms with E-state index in [0.29, 0.717) is 10.6 Å². The molecule has 0 saturated heterocycles. The Morgan fingerprint density at radius 1 is 1.32 bits per heavy atom. The molecule has 1 amide bonds. The van der Waals surface area contributed by atoms with E-state index >= 15 is 0 Å². The molecular weight excluding hydrogens is 290 g/mol. The summed E-state index contributed by atoms with van der Waals surface area (Å²) in [5.74, 6) is 4.19. The second kappa shape index (κ2) is 6.14. The third-order valence-electron chi connectivity index (χ3n) is 2.28. The van der Waals surface area contributed by atoms with Gasteiger partial charge in [0.25, 0.3) is 5.91 Å². The number of hydrogen-bond acceptors (Lipinski definition) is 4. The number of nitrogens with one attached hydrogen (secondary N) is 1. The average molecular weight is 300 g/mol. The standard InChI is InChI=1S/C12H10F2N2OS2/c13-7-1-3-9(14)11(5-7)18-6-8-2-4-10(19-8)12(17)16-15/h1-5H,6,15H2,(H,16,17). The van der Waals surface area contributed by atoms with Crippen LogP contribution in [0.25, 0.3) is 0 Å². The van der Waals surface area contributed by atoms with Gasteiger partial charge in [-0.1, -0.05) is 0 Å². The van der Waals surface area contributed by atoms with E-state index in [1.165, 1.54) is 23.1 Å². The molecule has 0 atom stereocenters. The fraction of sp³-hybridized carbons (Fsp3) is 0.0833. The van der Waals surface area contributed by atoms with Crippen molar-refractivity contribution in [3.8, 4) is 0 Å². The Hall–Kier alpha value is -1.44. The fourth-order valence-corrected chi connectivity index (χ4v) is 3.30. The molecule has 0 bridgehead atoms. The predicted octanol–water partition coefficient (Wildman–Crippen LogP) is 2.92. The Kier molecular flexibility index (Phi) is 4.52. The molecule has 0 aliphatic rings. The molecule has 1 aromatic heterocycles. The predicted molar refractivity (Wildman–Crippen MR) is 71.9 cm³/mol. The first kappa shape index (κ1) is 14.0. The number of hydrazine groups is 1. The van der Waals surface area contributed by atoms with Gasteiger partial charge < -0.3 is 0 Å². The van der Waals surface area contributed by atoms with Gasteiger partial charge in [-0.25, -0.2) is 14.6 Å². The highest BCUT2D eigenvalue weighted by Crippen LogP contribution is 2.29. The summed E-state index contributed by atoms with van der Waals surface area (Å²) in [5, 5.41) is 0. The summed E-state index contributed by atoms with van der Waals surface area (Å²) in [5.41, 5.74) is 2.04. The topological polar surface area (TPSA) is 55.1 Å². The number of thiophene rings is 1. The lowest BCUT2D eigenvalue weighted by Gasteiger charge is -2.01. The molecule has 0 fully saturated rings. The molecule has 3 nitrogen and oxygen atoms in total. The number of carbonyl (C=O) groups is 1. The number of amides is 1. The van der Waals surface area contributed by atoms with E-state index in [2.05, 4.69) is 0 Å². The Morgan fingerprint density at radius 3 is 2.84 bits per heavy atom. The summed E-state index contributed by atoms with van der Waals surface area (Å²) in [6.07, 6.45) is 0. The Balaban J connectivity index is 2.04. The lowest BCUT2D eigenvalue weighted by molar-refractivity contribution is 0.0957. The molecule has 0 radical (unpaired) electrons. The minimum absolute atomic E-state index is 0.248. The van der Waals surface area contributed by atoms with Gasteiger partial charge in [0.2, 0.25) is 0 Å². The largest absolute Gasteiger partial charge is 0.289 e. The van der Waals surface area contributed by atoms with Crippen LogP contribution in [0, 0.1) is 11.6 Å². The summed E-state index contributed by atoms with van der Waals surface area (Å²) in [6.45, 7) is 0. The van der Waals surface area contributed by atoms with E-state index in [1.807, 2.05) is 5.43 Å². The van der Waals surface area contributed by atoms with Crippen LogP contribution in [-0.2, 0) is 5.75 Å². The molecule has 0 saturated carbocycles. The third kappa shape index (κ3) is 3.52. The number of halogens is 2. The van der Waals surface area contributed by atoms with E-state index in [9.17, 15) is 13.6 Å². The molecule has 100 valence electrons. The normalized spacial score (nSPS) is 10.5. The highest BCUT2D eigenvalue weighted by atomic mass is 32.2. The number of thioether (sulfide) groups is 1. The van der Waals surface area contributed by atoms with Crippen LogP contribution in [0.1, 0.15) is 14.5 Å². The summed E-state index contributed by atoms with van der Waals surface area (Å²) in [7, 11) is 0. The monoisotopic (exact) mass is 300 g/mol. The zero-order chi connectivity index (χ0) is 13.8. The summed E-state index contributed by atoms with van der Waals surface area (Å²) in [6, 6.07) is 6.73. The summed E-state index contributed by atoms with van der Waals surface area (Å²) < 4.78 is 26.4. The molecule has 2 aromatic rings. The number of nitrogen functional groups attached to an aromatic ring is 1. The SMILES string of the molecule is NNC(=O)c1ccc(CSc2cc(F)ccc2F)s1. The maximum absolute atomic E-state index is 13.4. The lowest BCUT2D eigenvalue weighted by atomic mass is 10.3. The smallest absolute Gasteiger partial charge is 0.275 e. The quantitative estimate of drug-likeness (QED) is 0.395. The van der Waals surface area contributed by atoms with Gasteiger partial charge in [-0.2, -0.15) is 0 Å². The van der Waals surface area contributed by atoms with E-state index in [-0.39, 0.29) is 10.8 Å². The molecule has 1 heterocycles. The van der Waals surface area contributed by atoms with Crippen molar-refractivity contribution in [2.75, 3.05) is 0 Å². The number of hydrogen-bond donors (Lipinski definition) is 2. The van der Waals surface area contributed by atoms with Crippen molar-refractivity contribution in [3.05, 3.63) is 51.7 Å². The van der Waals surface area contributed by atoms with Gasteiger partial charge in [0, 0.05) is 15.5 Å². The van der Waals surface area contributed by atoms with Gasteiger partial charge in [-0.3, -0.25) is 10.2 Å². The van der Waals surface area contributed by atoms with Crippen LogP contribution in [0.4, 0.5) is 8.78 Å². The maximum atomic E-state index is 13.4. The molecule has 1 aromatic carbocycles. The number of nitrogens with two attached hydrogens (primary N) is 1. The highest BCUT2D eigenvalue weighted by Gasteiger charge is 2.09. The molecule has 19 heavy (non-hydrogen) atoms. The maximum Gasteiger partial charge on any atom is 0.275 e. The molecule has 0 aliphatic heterocycles. The van der Waals surface area contributed by atoms with Gasteiger partial charge in [0.05, 0.1) is 4.88 Å². The number of rotatable bonds is 4. The molecule has 0 spiro atoms. The van der Waals surface area contributed by atoms with E-state index in [4.69, 9.17) is 5.84 Å². The van der Waals surface area contributed by atoms with Gasteiger partial charge >= 0.3 is 0 Å². The summed E-state index contributed by atoms with van der Waals surface area (Å²) >= 11 is 2.45. The molecule has 0 aliphatic carbocycles. The Bertz CT molecular complexity index is 601. The highest BCUT2D eigenvalue weighted by molar-refractivity contribution is 7.98. The third-order valence-corrected chi connectivity index (χ3v) is 4.63. The number of carbonyl (C=O) groups excluding carboxylic acids is 1. The van der Waals surface area contributed by atoms with Crippen LogP contribution >= 0.6 is 23.1 Å².